The third-order valence-corrected chi connectivity index (χ3v) is 8.05. The Bertz CT molecular complexity index is 1750. The molecule has 0 aliphatic rings. The van der Waals surface area contributed by atoms with Gasteiger partial charge in [0.25, 0.3) is 0 Å². The lowest BCUT2D eigenvalue weighted by Crippen LogP contribution is -2.37. The lowest BCUT2D eigenvalue weighted by Gasteiger charge is -2.25. The number of fused-ring (bicyclic) bond motifs is 6. The van der Waals surface area contributed by atoms with Crippen molar-refractivity contribution >= 4 is 55.6 Å². The fraction of sp³-hybridized carbons (Fsp3) is 0.222. The van der Waals surface area contributed by atoms with E-state index in [1.165, 1.54) is 0 Å². The van der Waals surface area contributed by atoms with Gasteiger partial charge in [0.15, 0.2) is 12.5 Å². The molecule has 0 amide bonds. The number of hydrogen-bond acceptors (Lipinski definition) is 6. The quantitative estimate of drug-likeness (QED) is 0.111. The Labute approximate surface area is 256 Å². The first kappa shape index (κ1) is 29.2. The molecule has 2 unspecified atom stereocenters. The number of benzene rings is 4. The van der Waals surface area contributed by atoms with Gasteiger partial charge in [-0.15, -0.1) is 0 Å². The molecular weight excluding hydrogens is 552 g/mol. The number of para-hydroxylation sites is 4. The second kappa shape index (κ2) is 12.4. The van der Waals surface area contributed by atoms with Gasteiger partial charge < -0.3 is 18.6 Å². The van der Waals surface area contributed by atoms with Crippen LogP contribution in [0.15, 0.2) is 109 Å². The predicted octanol–water partition coefficient (Wildman–Crippen LogP) is 6.02. The first-order valence-electron chi connectivity index (χ1n) is 14.7. The molecule has 0 bridgehead atoms. The van der Waals surface area contributed by atoms with Gasteiger partial charge in [0, 0.05) is 55.8 Å². The average Bonchev–Trinajstić information content (AvgIpc) is 3.52. The maximum Gasteiger partial charge on any atom is 0.332 e. The zero-order valence-corrected chi connectivity index (χ0v) is 25.4. The topological polar surface area (TPSA) is 68.9 Å². The van der Waals surface area contributed by atoms with Crippen LogP contribution < -0.4 is 0 Å². The van der Waals surface area contributed by atoms with E-state index in [4.69, 9.17) is 9.47 Å². The number of carbonyl (C=O) groups excluding carboxylic acids is 2. The lowest BCUT2D eigenvalue weighted by molar-refractivity contribution is -0.154. The number of rotatable bonds is 10. The van der Waals surface area contributed by atoms with Gasteiger partial charge in [0.2, 0.25) is 0 Å². The Morgan fingerprint density at radius 2 is 0.818 bits per heavy atom. The minimum absolute atomic E-state index is 0.423. The smallest absolute Gasteiger partial charge is 0.332 e. The van der Waals surface area contributed by atoms with Crippen LogP contribution in [0.1, 0.15) is 0 Å². The number of esters is 2. The van der Waals surface area contributed by atoms with Crippen molar-refractivity contribution in [1.29, 1.82) is 0 Å². The van der Waals surface area contributed by atoms with Crippen molar-refractivity contribution in [2.75, 3.05) is 28.2 Å². The van der Waals surface area contributed by atoms with Crippen LogP contribution in [0, 0.1) is 0 Å². The highest BCUT2D eigenvalue weighted by molar-refractivity contribution is 6.08. The molecular formula is C36H36N4O4. The Morgan fingerprint density at radius 3 is 1.09 bits per heavy atom. The van der Waals surface area contributed by atoms with Crippen LogP contribution in [0.2, 0.25) is 0 Å². The van der Waals surface area contributed by atoms with Crippen LogP contribution in [-0.2, 0) is 32.2 Å². The SMILES string of the molecule is CN(C)C(Cn1c2ccccc2c2ccccc21)OC(=O)/C=C/C(=O)OC(Cn1c2ccccc2c2ccccc21)N(C)C. The minimum atomic E-state index is -0.620. The van der Waals surface area contributed by atoms with Crippen molar-refractivity contribution in [3.8, 4) is 0 Å². The summed E-state index contributed by atoms with van der Waals surface area (Å²) in [5, 5.41) is 4.58. The summed E-state index contributed by atoms with van der Waals surface area (Å²) >= 11 is 0. The van der Waals surface area contributed by atoms with Crippen molar-refractivity contribution in [2.24, 2.45) is 0 Å². The fourth-order valence-electron chi connectivity index (χ4n) is 5.81. The van der Waals surface area contributed by atoms with Gasteiger partial charge in [-0.25, -0.2) is 9.59 Å². The van der Waals surface area contributed by atoms with Crippen molar-refractivity contribution < 1.29 is 19.1 Å². The molecule has 4 aromatic carbocycles. The van der Waals surface area contributed by atoms with Crippen LogP contribution in [0.3, 0.4) is 0 Å². The van der Waals surface area contributed by atoms with E-state index in [1.54, 1.807) is 0 Å². The van der Waals surface area contributed by atoms with Crippen molar-refractivity contribution in [1.82, 2.24) is 18.9 Å². The van der Waals surface area contributed by atoms with Gasteiger partial charge in [-0.2, -0.15) is 0 Å². The number of aromatic nitrogens is 2. The van der Waals surface area contributed by atoms with E-state index in [2.05, 4.69) is 57.7 Å². The largest absolute Gasteiger partial charge is 0.441 e. The van der Waals surface area contributed by atoms with Crippen LogP contribution in [-0.4, -0.2) is 71.5 Å². The zero-order chi connectivity index (χ0) is 30.8. The Morgan fingerprint density at radius 1 is 0.545 bits per heavy atom. The highest BCUT2D eigenvalue weighted by atomic mass is 16.6. The van der Waals surface area contributed by atoms with Gasteiger partial charge in [-0.3, -0.25) is 9.80 Å². The van der Waals surface area contributed by atoms with Crippen molar-refractivity contribution in [3.05, 3.63) is 109 Å². The van der Waals surface area contributed by atoms with E-state index < -0.39 is 24.4 Å². The molecule has 224 valence electrons. The van der Waals surface area contributed by atoms with E-state index in [0.29, 0.717) is 13.1 Å². The molecule has 0 spiro atoms. The van der Waals surface area contributed by atoms with E-state index in [1.807, 2.05) is 86.5 Å². The highest BCUT2D eigenvalue weighted by Crippen LogP contribution is 2.30. The number of nitrogens with zero attached hydrogens (tertiary/aromatic N) is 4. The molecule has 6 rings (SSSR count). The van der Waals surface area contributed by atoms with E-state index >= 15 is 0 Å². The molecule has 0 fully saturated rings. The number of likely N-dealkylation sites (N-methyl/N-ethyl adjacent to an activating group) is 2. The Balaban J connectivity index is 1.16. The average molecular weight is 589 g/mol. The maximum absolute atomic E-state index is 12.9. The Kier molecular flexibility index (Phi) is 8.19. The molecule has 2 aromatic heterocycles. The molecule has 6 aromatic rings. The molecule has 0 N–H and O–H groups in total. The second-order valence-corrected chi connectivity index (χ2v) is 11.3. The van der Waals surface area contributed by atoms with Crippen LogP contribution >= 0.6 is 0 Å². The number of hydrogen-bond donors (Lipinski definition) is 0. The zero-order valence-electron chi connectivity index (χ0n) is 25.4. The van der Waals surface area contributed by atoms with E-state index in [-0.39, 0.29) is 0 Å². The summed E-state index contributed by atoms with van der Waals surface area (Å²) in [5.41, 5.74) is 4.25. The molecule has 44 heavy (non-hydrogen) atoms. The summed E-state index contributed by atoms with van der Waals surface area (Å²) in [7, 11) is 7.44. The first-order chi connectivity index (χ1) is 21.3. The molecule has 0 saturated carbocycles. The summed E-state index contributed by atoms with van der Waals surface area (Å²) in [6.45, 7) is 0.846. The first-order valence-corrected chi connectivity index (χ1v) is 14.7. The predicted molar refractivity (Wildman–Crippen MR) is 175 cm³/mol. The van der Waals surface area contributed by atoms with Crippen molar-refractivity contribution in [2.45, 2.75) is 25.5 Å². The van der Waals surface area contributed by atoms with Crippen molar-refractivity contribution in [3.63, 3.8) is 0 Å². The lowest BCUT2D eigenvalue weighted by atomic mass is 10.2. The minimum Gasteiger partial charge on any atom is -0.441 e. The maximum atomic E-state index is 12.9. The van der Waals surface area contributed by atoms with Gasteiger partial charge in [-0.05, 0) is 52.5 Å². The normalized spacial score (nSPS) is 13.5. The summed E-state index contributed by atoms with van der Waals surface area (Å²) in [6, 6.07) is 32.8. The molecule has 2 heterocycles. The third-order valence-electron chi connectivity index (χ3n) is 8.05. The van der Waals surface area contributed by atoms with Gasteiger partial charge in [0.05, 0.1) is 13.1 Å². The summed E-state index contributed by atoms with van der Waals surface area (Å²) in [6.07, 6.45) is 1.15. The van der Waals surface area contributed by atoms with Crippen LogP contribution in [0.4, 0.5) is 0 Å². The molecule has 2 atom stereocenters. The van der Waals surface area contributed by atoms with E-state index in [0.717, 1.165) is 55.8 Å². The number of carbonyl (C=O) groups is 2. The van der Waals surface area contributed by atoms with Gasteiger partial charge >= 0.3 is 11.9 Å². The standard InChI is InChI=1S/C36H36N4O4/c1-37(2)33(23-39-29-17-9-5-13-25(29)26-14-6-10-18-30(26)39)43-35(41)21-22-36(42)44-34(38(3)4)24-40-31-19-11-7-15-27(31)28-16-8-12-20-32(28)40/h5-22,33-34H,23-24H2,1-4H3/b22-21+. The number of ether oxygens (including phenoxy) is 2. The fourth-order valence-corrected chi connectivity index (χ4v) is 5.81. The molecule has 0 saturated heterocycles. The summed E-state index contributed by atoms with van der Waals surface area (Å²) in [4.78, 5) is 29.5. The molecule has 8 nitrogen and oxygen atoms in total. The molecule has 0 radical (unpaired) electrons. The van der Waals surface area contributed by atoms with Gasteiger partial charge in [0.1, 0.15) is 0 Å². The summed E-state index contributed by atoms with van der Waals surface area (Å²) in [5.74, 6) is -1.24. The second-order valence-electron chi connectivity index (χ2n) is 11.3. The monoisotopic (exact) mass is 588 g/mol. The Hall–Kier alpha value is -4.92. The van der Waals surface area contributed by atoms with Crippen LogP contribution in [0.5, 0.6) is 0 Å². The highest BCUT2D eigenvalue weighted by Gasteiger charge is 2.22. The van der Waals surface area contributed by atoms with Gasteiger partial charge in [-0.1, -0.05) is 72.8 Å². The summed E-state index contributed by atoms with van der Waals surface area (Å²) < 4.78 is 16.0. The molecule has 0 aliphatic heterocycles. The third kappa shape index (κ3) is 5.69. The van der Waals surface area contributed by atoms with Crippen LogP contribution in [0.25, 0.3) is 43.6 Å². The molecule has 0 aliphatic carbocycles. The van der Waals surface area contributed by atoms with E-state index in [9.17, 15) is 9.59 Å². The molecule has 8 heteroatoms.